The molecule has 3 heterocycles. The van der Waals surface area contributed by atoms with E-state index in [0.717, 1.165) is 10.5 Å². The summed E-state index contributed by atoms with van der Waals surface area (Å²) < 4.78 is 39.0. The molecule has 130 valence electrons. The Labute approximate surface area is 136 Å². The van der Waals surface area contributed by atoms with Gasteiger partial charge in [0.15, 0.2) is 5.82 Å². The van der Waals surface area contributed by atoms with E-state index in [2.05, 4.69) is 15.2 Å². The quantitative estimate of drug-likeness (QED) is 0.815. The predicted octanol–water partition coefficient (Wildman–Crippen LogP) is 1.33. The van der Waals surface area contributed by atoms with Crippen LogP contribution in [0.1, 0.15) is 29.7 Å². The first kappa shape index (κ1) is 16.5. The molecule has 2 aromatic rings. The van der Waals surface area contributed by atoms with Crippen molar-refractivity contribution < 1.29 is 22.8 Å². The molecule has 0 N–H and O–H groups in total. The van der Waals surface area contributed by atoms with Gasteiger partial charge in [0.25, 0.3) is 5.92 Å². The van der Waals surface area contributed by atoms with Crippen LogP contribution in [0.15, 0.2) is 16.9 Å². The monoisotopic (exact) mass is 341 g/mol. The summed E-state index contributed by atoms with van der Waals surface area (Å²) in [5.41, 5.74) is 0.882. The van der Waals surface area contributed by atoms with Gasteiger partial charge >= 0.3 is 0 Å². The van der Waals surface area contributed by atoms with Crippen LogP contribution in [0.3, 0.4) is 0 Å². The molecule has 0 saturated carbocycles. The van der Waals surface area contributed by atoms with Gasteiger partial charge in [0.1, 0.15) is 19.2 Å². The molecule has 24 heavy (non-hydrogen) atoms. The molecule has 8 nitrogen and oxygen atoms in total. The van der Waals surface area contributed by atoms with Crippen LogP contribution in [0.4, 0.5) is 8.78 Å². The maximum Gasteiger partial charge on any atom is 0.267 e. The fourth-order valence-electron chi connectivity index (χ4n) is 2.67. The van der Waals surface area contributed by atoms with E-state index in [9.17, 15) is 13.6 Å². The van der Waals surface area contributed by atoms with Gasteiger partial charge in [-0.2, -0.15) is 10.1 Å². The van der Waals surface area contributed by atoms with Gasteiger partial charge < -0.3 is 14.2 Å². The summed E-state index contributed by atoms with van der Waals surface area (Å²) in [7, 11) is 1.46. The Hall–Kier alpha value is -2.36. The first-order valence-electron chi connectivity index (χ1n) is 7.36. The average molecular weight is 341 g/mol. The van der Waals surface area contributed by atoms with E-state index in [1.165, 1.54) is 11.8 Å². The number of carbonyl (C=O) groups is 1. The first-order valence-corrected chi connectivity index (χ1v) is 7.36. The molecular formula is C14H17F2N5O3. The minimum absolute atomic E-state index is 0.00998. The molecule has 0 aliphatic carbocycles. The van der Waals surface area contributed by atoms with Crippen LogP contribution in [-0.4, -0.2) is 50.3 Å². The fourth-order valence-corrected chi connectivity index (χ4v) is 2.67. The Bertz CT molecular complexity index is 730. The molecule has 1 saturated heterocycles. The smallest absolute Gasteiger partial charge is 0.267 e. The van der Waals surface area contributed by atoms with Gasteiger partial charge in [-0.15, -0.1) is 0 Å². The zero-order valence-electron chi connectivity index (χ0n) is 13.3. The third kappa shape index (κ3) is 3.42. The average Bonchev–Trinajstić information content (AvgIpc) is 3.19. The van der Waals surface area contributed by atoms with Crippen LogP contribution >= 0.6 is 0 Å². The lowest BCUT2D eigenvalue weighted by molar-refractivity contribution is -0.134. The molecule has 2 aromatic heterocycles. The molecule has 1 aliphatic rings. The molecule has 1 aliphatic heterocycles. The predicted molar refractivity (Wildman–Crippen MR) is 76.0 cm³/mol. The second-order valence-electron chi connectivity index (χ2n) is 5.79. The summed E-state index contributed by atoms with van der Waals surface area (Å²) in [6, 6.07) is -0.956. The number of carbonyl (C=O) groups excluding carboxylic acids is 1. The van der Waals surface area contributed by atoms with Crippen LogP contribution in [0, 0.1) is 6.92 Å². The van der Waals surface area contributed by atoms with Crippen molar-refractivity contribution in [2.75, 3.05) is 13.7 Å². The minimum atomic E-state index is -3.00. The van der Waals surface area contributed by atoms with E-state index in [1.807, 2.05) is 6.92 Å². The van der Waals surface area contributed by atoms with Gasteiger partial charge in [-0.1, -0.05) is 5.16 Å². The topological polar surface area (TPSA) is 86.3 Å². The Morgan fingerprint density at radius 3 is 3.00 bits per heavy atom. The van der Waals surface area contributed by atoms with E-state index < -0.39 is 30.8 Å². The van der Waals surface area contributed by atoms with E-state index >= 15 is 0 Å². The number of rotatable bonds is 5. The van der Waals surface area contributed by atoms with Gasteiger partial charge in [-0.3, -0.25) is 9.48 Å². The third-order valence-electron chi connectivity index (χ3n) is 3.69. The van der Waals surface area contributed by atoms with Gasteiger partial charge in [0.05, 0.1) is 12.7 Å². The van der Waals surface area contributed by atoms with Crippen LogP contribution < -0.4 is 0 Å². The normalized spacial score (nSPS) is 19.8. The molecule has 0 unspecified atom stereocenters. The summed E-state index contributed by atoms with van der Waals surface area (Å²) in [6.07, 6.45) is 2.72. The number of methoxy groups -OCH3 is 1. The number of hydrogen-bond acceptors (Lipinski definition) is 6. The van der Waals surface area contributed by atoms with Crippen molar-refractivity contribution in [2.24, 2.45) is 0 Å². The van der Waals surface area contributed by atoms with E-state index in [4.69, 9.17) is 9.26 Å². The highest BCUT2D eigenvalue weighted by molar-refractivity contribution is 5.76. The van der Waals surface area contributed by atoms with Gasteiger partial charge in [-0.05, 0) is 12.5 Å². The largest absolute Gasteiger partial charge is 0.377 e. The van der Waals surface area contributed by atoms with Gasteiger partial charge in [-0.25, -0.2) is 8.78 Å². The number of aromatic nitrogens is 4. The van der Waals surface area contributed by atoms with E-state index in [0.29, 0.717) is 0 Å². The van der Waals surface area contributed by atoms with Gasteiger partial charge in [0, 0.05) is 19.7 Å². The Kier molecular flexibility index (Phi) is 4.31. The van der Waals surface area contributed by atoms with Crippen LogP contribution in [0.25, 0.3) is 0 Å². The second kappa shape index (κ2) is 6.27. The Balaban J connectivity index is 1.79. The second-order valence-corrected chi connectivity index (χ2v) is 5.79. The zero-order chi connectivity index (χ0) is 17.3. The SMILES string of the molecule is COCc1noc([C@@H]2CC(F)(F)CN2C(=O)Cn2cc(C)cn2)n1. The van der Waals surface area contributed by atoms with Crippen molar-refractivity contribution in [3.63, 3.8) is 0 Å². The summed E-state index contributed by atoms with van der Waals surface area (Å²) in [4.78, 5) is 17.6. The number of aryl methyl sites for hydroxylation is 1. The van der Waals surface area contributed by atoms with Crippen molar-refractivity contribution >= 4 is 5.91 Å². The van der Waals surface area contributed by atoms with Crippen LogP contribution in [0.5, 0.6) is 0 Å². The molecule has 10 heteroatoms. The van der Waals surface area contributed by atoms with Crippen molar-refractivity contribution in [3.8, 4) is 0 Å². The summed E-state index contributed by atoms with van der Waals surface area (Å²) >= 11 is 0. The first-order chi connectivity index (χ1) is 11.4. The number of hydrogen-bond donors (Lipinski definition) is 0. The summed E-state index contributed by atoms with van der Waals surface area (Å²) in [5, 5.41) is 7.67. The fraction of sp³-hybridized carbons (Fsp3) is 0.571. The maximum atomic E-state index is 13.9. The maximum absolute atomic E-state index is 13.9. The third-order valence-corrected chi connectivity index (χ3v) is 3.69. The molecule has 0 bridgehead atoms. The lowest BCUT2D eigenvalue weighted by Crippen LogP contribution is -2.35. The molecular weight excluding hydrogens is 324 g/mol. The van der Waals surface area contributed by atoms with Crippen LogP contribution in [0.2, 0.25) is 0 Å². The molecule has 3 rings (SSSR count). The lowest BCUT2D eigenvalue weighted by atomic mass is 10.2. The number of ether oxygens (including phenoxy) is 1. The van der Waals surface area contributed by atoms with Crippen molar-refractivity contribution in [3.05, 3.63) is 29.7 Å². The Morgan fingerprint density at radius 1 is 1.54 bits per heavy atom. The van der Waals surface area contributed by atoms with Gasteiger partial charge in [0.2, 0.25) is 11.8 Å². The summed E-state index contributed by atoms with van der Waals surface area (Å²) in [5.74, 6) is -3.25. The molecule has 0 aromatic carbocycles. The number of likely N-dealkylation sites (tertiary alicyclic amines) is 1. The van der Waals surface area contributed by atoms with Crippen LogP contribution in [-0.2, 0) is 22.7 Å². The number of halogens is 2. The van der Waals surface area contributed by atoms with Crippen molar-refractivity contribution in [2.45, 2.75) is 38.5 Å². The summed E-state index contributed by atoms with van der Waals surface area (Å²) in [6.45, 7) is 1.13. The van der Waals surface area contributed by atoms with E-state index in [1.54, 1.807) is 12.4 Å². The minimum Gasteiger partial charge on any atom is -0.377 e. The molecule has 1 amide bonds. The highest BCUT2D eigenvalue weighted by Crippen LogP contribution is 2.40. The van der Waals surface area contributed by atoms with Crippen molar-refractivity contribution in [1.82, 2.24) is 24.8 Å². The molecule has 0 radical (unpaired) electrons. The molecule has 0 spiro atoms. The molecule has 1 fully saturated rings. The highest BCUT2D eigenvalue weighted by Gasteiger charge is 2.49. The standard InChI is InChI=1S/C14H17F2N5O3/c1-9-4-17-20(5-9)6-12(22)21-8-14(15,16)3-10(21)13-18-11(7-23-2)19-24-13/h4-5,10H,3,6-8H2,1-2H3/t10-/m0/s1. The number of nitrogens with zero attached hydrogens (tertiary/aromatic N) is 5. The number of amides is 1. The Morgan fingerprint density at radius 2 is 2.33 bits per heavy atom. The zero-order valence-corrected chi connectivity index (χ0v) is 13.3. The molecule has 1 atom stereocenters. The number of alkyl halides is 2. The van der Waals surface area contributed by atoms with Crippen molar-refractivity contribution in [1.29, 1.82) is 0 Å². The lowest BCUT2D eigenvalue weighted by Gasteiger charge is -2.21. The highest BCUT2D eigenvalue weighted by atomic mass is 19.3. The van der Waals surface area contributed by atoms with E-state index in [-0.39, 0.29) is 24.9 Å².